The first-order valence-corrected chi connectivity index (χ1v) is 9.18. The van der Waals surface area contributed by atoms with Crippen LogP contribution in [0.4, 0.5) is 0 Å². The Hall–Kier alpha value is -3.06. The fraction of sp³-hybridized carbons (Fsp3) is 0.300. The molecular weight excluding hydrogens is 340 g/mol. The number of carbonyl (C=O) groups is 1. The molecule has 7 nitrogen and oxygen atoms in total. The van der Waals surface area contributed by atoms with Crippen LogP contribution in [0.1, 0.15) is 28.8 Å². The van der Waals surface area contributed by atoms with Gasteiger partial charge in [-0.25, -0.2) is 4.68 Å². The van der Waals surface area contributed by atoms with Crippen molar-refractivity contribution < 1.29 is 4.79 Å². The first kappa shape index (κ1) is 17.4. The van der Waals surface area contributed by atoms with E-state index in [2.05, 4.69) is 50.0 Å². The van der Waals surface area contributed by atoms with Gasteiger partial charge in [0.1, 0.15) is 6.33 Å². The number of aromatic nitrogens is 4. The van der Waals surface area contributed by atoms with Crippen LogP contribution in [0.5, 0.6) is 0 Å². The number of tetrazole rings is 1. The smallest absolute Gasteiger partial charge is 0.251 e. The van der Waals surface area contributed by atoms with Gasteiger partial charge in [-0.3, -0.25) is 9.69 Å². The van der Waals surface area contributed by atoms with Crippen molar-refractivity contribution in [1.82, 2.24) is 30.4 Å². The summed E-state index contributed by atoms with van der Waals surface area (Å²) in [5, 5.41) is 14.2. The summed E-state index contributed by atoms with van der Waals surface area (Å²) in [6, 6.07) is 18.0. The zero-order chi connectivity index (χ0) is 18.5. The van der Waals surface area contributed by atoms with Gasteiger partial charge < -0.3 is 5.32 Å². The highest BCUT2D eigenvalue weighted by atomic mass is 16.1. The van der Waals surface area contributed by atoms with Gasteiger partial charge in [-0.15, -0.1) is 5.10 Å². The second-order valence-electron chi connectivity index (χ2n) is 6.81. The molecule has 0 bridgehead atoms. The number of amides is 1. The van der Waals surface area contributed by atoms with Gasteiger partial charge in [0.2, 0.25) is 0 Å². The Morgan fingerprint density at radius 1 is 1.04 bits per heavy atom. The second kappa shape index (κ2) is 8.09. The molecule has 0 spiro atoms. The molecule has 2 aromatic carbocycles. The van der Waals surface area contributed by atoms with E-state index >= 15 is 0 Å². The molecule has 0 saturated carbocycles. The van der Waals surface area contributed by atoms with Gasteiger partial charge in [-0.05, 0) is 53.1 Å². The third-order valence-electron chi connectivity index (χ3n) is 4.91. The van der Waals surface area contributed by atoms with Gasteiger partial charge in [0.15, 0.2) is 0 Å². The summed E-state index contributed by atoms with van der Waals surface area (Å²) in [5.41, 5.74) is 2.81. The number of nitrogens with zero attached hydrogens (tertiary/aromatic N) is 5. The largest absolute Gasteiger partial charge is 0.349 e. The molecule has 2 heterocycles. The van der Waals surface area contributed by atoms with Crippen LogP contribution in [0.25, 0.3) is 5.69 Å². The van der Waals surface area contributed by atoms with Gasteiger partial charge in [0.25, 0.3) is 5.91 Å². The van der Waals surface area contributed by atoms with E-state index < -0.39 is 0 Å². The van der Waals surface area contributed by atoms with Crippen LogP contribution in [-0.2, 0) is 6.54 Å². The Kier molecular flexibility index (Phi) is 5.20. The average Bonchev–Trinajstić information content (AvgIpc) is 3.25. The minimum Gasteiger partial charge on any atom is -0.349 e. The summed E-state index contributed by atoms with van der Waals surface area (Å²) >= 11 is 0. The number of carbonyl (C=O) groups excluding carboxylic acids is 1. The number of piperidine rings is 1. The predicted molar refractivity (Wildman–Crippen MR) is 101 cm³/mol. The van der Waals surface area contributed by atoms with Crippen LogP contribution < -0.4 is 5.32 Å². The van der Waals surface area contributed by atoms with E-state index in [-0.39, 0.29) is 11.9 Å². The minimum absolute atomic E-state index is 0.0280. The van der Waals surface area contributed by atoms with Crippen LogP contribution >= 0.6 is 0 Å². The van der Waals surface area contributed by atoms with Gasteiger partial charge in [-0.1, -0.05) is 30.3 Å². The van der Waals surface area contributed by atoms with Crippen LogP contribution in [0.15, 0.2) is 60.9 Å². The molecule has 1 N–H and O–H groups in total. The molecule has 0 radical (unpaired) electrons. The monoisotopic (exact) mass is 362 g/mol. The molecule has 1 aliphatic heterocycles. The van der Waals surface area contributed by atoms with Crippen molar-refractivity contribution >= 4 is 5.91 Å². The second-order valence-corrected chi connectivity index (χ2v) is 6.81. The Balaban J connectivity index is 1.28. The lowest BCUT2D eigenvalue weighted by atomic mass is 10.0. The first-order valence-electron chi connectivity index (χ1n) is 9.18. The number of hydrogen-bond acceptors (Lipinski definition) is 5. The van der Waals surface area contributed by atoms with Crippen molar-refractivity contribution in [3.8, 4) is 5.69 Å². The molecule has 1 saturated heterocycles. The third kappa shape index (κ3) is 4.38. The molecule has 7 heteroatoms. The Morgan fingerprint density at radius 3 is 2.44 bits per heavy atom. The molecule has 1 amide bonds. The van der Waals surface area contributed by atoms with Crippen molar-refractivity contribution in [2.24, 2.45) is 0 Å². The molecule has 4 rings (SSSR count). The Morgan fingerprint density at radius 2 is 1.78 bits per heavy atom. The molecule has 138 valence electrons. The summed E-state index contributed by atoms with van der Waals surface area (Å²) < 4.78 is 1.56. The van der Waals surface area contributed by atoms with Crippen molar-refractivity contribution in [3.05, 3.63) is 72.1 Å². The van der Waals surface area contributed by atoms with E-state index in [9.17, 15) is 4.79 Å². The molecule has 1 fully saturated rings. The summed E-state index contributed by atoms with van der Waals surface area (Å²) in [5.74, 6) is -0.0280. The molecule has 0 aliphatic carbocycles. The minimum atomic E-state index is -0.0280. The predicted octanol–water partition coefficient (Wildman–Crippen LogP) is 2.06. The first-order chi connectivity index (χ1) is 13.3. The molecule has 27 heavy (non-hydrogen) atoms. The third-order valence-corrected chi connectivity index (χ3v) is 4.91. The maximum Gasteiger partial charge on any atom is 0.251 e. The lowest BCUT2D eigenvalue weighted by Crippen LogP contribution is -2.44. The number of likely N-dealkylation sites (tertiary alicyclic amines) is 1. The van der Waals surface area contributed by atoms with E-state index in [1.807, 2.05) is 18.2 Å². The zero-order valence-corrected chi connectivity index (χ0v) is 15.0. The number of hydrogen-bond donors (Lipinski definition) is 1. The highest BCUT2D eigenvalue weighted by Gasteiger charge is 2.21. The van der Waals surface area contributed by atoms with Crippen LogP contribution in [0.2, 0.25) is 0 Å². The van der Waals surface area contributed by atoms with E-state index in [1.165, 1.54) is 11.9 Å². The number of benzene rings is 2. The SMILES string of the molecule is O=C(NC1CCN(Cc2ccccc2)CC1)c1ccc(-n2cnnn2)cc1. The van der Waals surface area contributed by atoms with Gasteiger partial charge in [-0.2, -0.15) is 0 Å². The Bertz CT molecular complexity index is 855. The Labute approximate surface area is 158 Å². The van der Waals surface area contributed by atoms with E-state index in [1.54, 1.807) is 16.8 Å². The number of rotatable bonds is 5. The lowest BCUT2D eigenvalue weighted by Gasteiger charge is -2.32. The molecule has 0 atom stereocenters. The highest BCUT2D eigenvalue weighted by Crippen LogP contribution is 2.15. The normalized spacial score (nSPS) is 15.6. The van der Waals surface area contributed by atoms with Gasteiger partial charge in [0.05, 0.1) is 5.69 Å². The van der Waals surface area contributed by atoms with E-state index in [0.29, 0.717) is 5.56 Å². The summed E-state index contributed by atoms with van der Waals surface area (Å²) in [4.78, 5) is 15.0. The summed E-state index contributed by atoms with van der Waals surface area (Å²) in [6.07, 6.45) is 3.47. The van der Waals surface area contributed by atoms with Crippen LogP contribution in [0.3, 0.4) is 0 Å². The van der Waals surface area contributed by atoms with Crippen molar-refractivity contribution in [3.63, 3.8) is 0 Å². The topological polar surface area (TPSA) is 75.9 Å². The van der Waals surface area contributed by atoms with E-state index in [4.69, 9.17) is 0 Å². The molecule has 1 aliphatic rings. The van der Waals surface area contributed by atoms with Crippen molar-refractivity contribution in [1.29, 1.82) is 0 Å². The molecule has 0 unspecified atom stereocenters. The maximum atomic E-state index is 12.5. The summed E-state index contributed by atoms with van der Waals surface area (Å²) in [6.45, 7) is 2.97. The fourth-order valence-electron chi connectivity index (χ4n) is 3.39. The van der Waals surface area contributed by atoms with Gasteiger partial charge in [0, 0.05) is 31.2 Å². The number of nitrogens with one attached hydrogen (secondary N) is 1. The van der Waals surface area contributed by atoms with Crippen LogP contribution in [-0.4, -0.2) is 50.1 Å². The van der Waals surface area contributed by atoms with Crippen molar-refractivity contribution in [2.75, 3.05) is 13.1 Å². The van der Waals surface area contributed by atoms with Crippen LogP contribution in [0, 0.1) is 0 Å². The summed E-state index contributed by atoms with van der Waals surface area (Å²) in [7, 11) is 0. The van der Waals surface area contributed by atoms with Crippen molar-refractivity contribution in [2.45, 2.75) is 25.4 Å². The molecular formula is C20H22N6O. The van der Waals surface area contributed by atoms with E-state index in [0.717, 1.165) is 38.2 Å². The maximum absolute atomic E-state index is 12.5. The van der Waals surface area contributed by atoms with Gasteiger partial charge >= 0.3 is 0 Å². The quantitative estimate of drug-likeness (QED) is 0.752. The fourth-order valence-corrected chi connectivity index (χ4v) is 3.39. The lowest BCUT2D eigenvalue weighted by molar-refractivity contribution is 0.0909. The molecule has 1 aromatic heterocycles. The standard InChI is InChI=1S/C20H22N6O/c27-20(17-6-8-19(9-7-17)26-15-21-23-24-26)22-18-10-12-25(13-11-18)14-16-4-2-1-3-5-16/h1-9,15,18H,10-14H2,(H,22,27). The molecule has 3 aromatic rings. The highest BCUT2D eigenvalue weighted by molar-refractivity contribution is 5.94. The average molecular weight is 362 g/mol. The zero-order valence-electron chi connectivity index (χ0n) is 15.0.